The molecule has 288 valence electrons. The van der Waals surface area contributed by atoms with E-state index in [9.17, 15) is 0 Å². The van der Waals surface area contributed by atoms with E-state index in [-0.39, 0.29) is 0 Å². The van der Waals surface area contributed by atoms with E-state index in [0.717, 1.165) is 88.0 Å². The molecule has 0 bridgehead atoms. The Morgan fingerprint density at radius 3 is 1.47 bits per heavy atom. The smallest absolute Gasteiger partial charge is 0.166 e. The molecule has 0 unspecified atom stereocenters. The Labute approximate surface area is 355 Å². The van der Waals surface area contributed by atoms with Gasteiger partial charge in [0.05, 0.1) is 16.7 Å². The molecule has 0 fully saturated rings. The summed E-state index contributed by atoms with van der Waals surface area (Å²) >= 11 is 0. The fraction of sp³-hybridized carbons (Fsp3) is 0. The zero-order valence-electron chi connectivity index (χ0n) is 33.3. The number of fused-ring (bicyclic) bond motifs is 12. The Morgan fingerprint density at radius 1 is 0.323 bits per heavy atom. The molecule has 0 atom stereocenters. The number of aromatic nitrogens is 4. The zero-order valence-corrected chi connectivity index (χ0v) is 33.3. The second-order valence-electron chi connectivity index (χ2n) is 15.9. The Morgan fingerprint density at radius 2 is 0.806 bits per heavy atom. The summed E-state index contributed by atoms with van der Waals surface area (Å²) in [5.74, 6) is 1.82. The summed E-state index contributed by atoms with van der Waals surface area (Å²) in [6, 6.07) is 72.7. The summed E-state index contributed by atoms with van der Waals surface area (Å²) in [6.07, 6.45) is 0. The van der Waals surface area contributed by atoms with Gasteiger partial charge in [-0.1, -0.05) is 182 Å². The molecule has 13 rings (SSSR count). The fourth-order valence-corrected chi connectivity index (χ4v) is 9.68. The second kappa shape index (κ2) is 13.6. The van der Waals surface area contributed by atoms with Crippen molar-refractivity contribution < 1.29 is 4.42 Å². The van der Waals surface area contributed by atoms with Crippen molar-refractivity contribution in [1.82, 2.24) is 19.5 Å². The predicted octanol–water partition coefficient (Wildman–Crippen LogP) is 15.0. The number of para-hydroxylation sites is 4. The van der Waals surface area contributed by atoms with Crippen LogP contribution in [0, 0.1) is 0 Å². The van der Waals surface area contributed by atoms with Crippen LogP contribution in [0.1, 0.15) is 0 Å². The highest BCUT2D eigenvalue weighted by atomic mass is 16.3. The maximum absolute atomic E-state index is 6.72. The number of benzene rings is 10. The molecule has 0 amide bonds. The first-order chi connectivity index (χ1) is 30.8. The predicted molar refractivity (Wildman–Crippen MR) is 256 cm³/mol. The molecule has 0 N–H and O–H groups in total. The van der Waals surface area contributed by atoms with Crippen LogP contribution in [0.5, 0.6) is 0 Å². The zero-order chi connectivity index (χ0) is 40.7. The number of furan rings is 1. The highest BCUT2D eigenvalue weighted by Crippen LogP contribution is 2.46. The van der Waals surface area contributed by atoms with Crippen molar-refractivity contribution in [2.45, 2.75) is 0 Å². The van der Waals surface area contributed by atoms with E-state index >= 15 is 0 Å². The third-order valence-electron chi connectivity index (χ3n) is 12.4. The van der Waals surface area contributed by atoms with Crippen molar-refractivity contribution in [2.75, 3.05) is 0 Å². The Kier molecular flexibility index (Phi) is 7.54. The van der Waals surface area contributed by atoms with Crippen LogP contribution in [0.4, 0.5) is 0 Å². The molecule has 5 heteroatoms. The third-order valence-corrected chi connectivity index (χ3v) is 12.4. The monoisotopic (exact) mass is 790 g/mol. The van der Waals surface area contributed by atoms with Gasteiger partial charge in [0, 0.05) is 49.4 Å². The summed E-state index contributed by atoms with van der Waals surface area (Å²) in [5.41, 5.74) is 9.71. The van der Waals surface area contributed by atoms with Gasteiger partial charge in [-0.3, -0.25) is 0 Å². The lowest BCUT2D eigenvalue weighted by atomic mass is 9.92. The van der Waals surface area contributed by atoms with Gasteiger partial charge >= 0.3 is 0 Å². The Balaban J connectivity index is 1.21. The molecule has 10 aromatic carbocycles. The quantitative estimate of drug-likeness (QED) is 0.163. The van der Waals surface area contributed by atoms with Gasteiger partial charge in [0.15, 0.2) is 17.5 Å². The van der Waals surface area contributed by atoms with Crippen molar-refractivity contribution >= 4 is 76.1 Å². The molecular formula is C57H34N4O. The molecule has 0 aliphatic rings. The normalized spacial score (nSPS) is 11.9. The maximum atomic E-state index is 6.72. The van der Waals surface area contributed by atoms with Crippen LogP contribution < -0.4 is 0 Å². The van der Waals surface area contributed by atoms with Gasteiger partial charge in [-0.05, 0) is 56.6 Å². The Hall–Kier alpha value is -8.41. The third kappa shape index (κ3) is 5.18. The average molecular weight is 791 g/mol. The number of hydrogen-bond donors (Lipinski definition) is 0. The number of rotatable bonds is 5. The van der Waals surface area contributed by atoms with Crippen LogP contribution in [0.2, 0.25) is 0 Å². The minimum Gasteiger partial charge on any atom is -0.455 e. The lowest BCUT2D eigenvalue weighted by molar-refractivity contribution is 0.670. The van der Waals surface area contributed by atoms with E-state index in [4.69, 9.17) is 19.4 Å². The summed E-state index contributed by atoms with van der Waals surface area (Å²) in [6.45, 7) is 0. The van der Waals surface area contributed by atoms with E-state index in [1.807, 2.05) is 48.5 Å². The van der Waals surface area contributed by atoms with E-state index in [1.54, 1.807) is 0 Å². The van der Waals surface area contributed by atoms with Gasteiger partial charge in [-0.25, -0.2) is 15.0 Å². The molecule has 13 aromatic rings. The van der Waals surface area contributed by atoms with Crippen LogP contribution in [0.3, 0.4) is 0 Å². The molecule has 0 radical (unpaired) electrons. The van der Waals surface area contributed by atoms with Crippen molar-refractivity contribution in [3.8, 4) is 51.0 Å². The highest BCUT2D eigenvalue weighted by Gasteiger charge is 2.24. The lowest BCUT2D eigenvalue weighted by Gasteiger charge is -2.19. The molecule has 0 saturated carbocycles. The summed E-state index contributed by atoms with van der Waals surface area (Å²) in [5, 5.41) is 11.6. The van der Waals surface area contributed by atoms with Crippen LogP contribution in [-0.2, 0) is 0 Å². The largest absolute Gasteiger partial charge is 0.455 e. The Bertz CT molecular complexity index is 3870. The van der Waals surface area contributed by atoms with Crippen LogP contribution in [0.25, 0.3) is 127 Å². The topological polar surface area (TPSA) is 56.7 Å². The van der Waals surface area contributed by atoms with Crippen LogP contribution >= 0.6 is 0 Å². The summed E-state index contributed by atoms with van der Waals surface area (Å²) < 4.78 is 9.16. The molecule has 5 nitrogen and oxygen atoms in total. The van der Waals surface area contributed by atoms with Gasteiger partial charge in [0.1, 0.15) is 11.2 Å². The molecule has 3 aromatic heterocycles. The van der Waals surface area contributed by atoms with E-state index in [1.165, 1.54) is 21.5 Å². The fourth-order valence-electron chi connectivity index (χ4n) is 9.68. The van der Waals surface area contributed by atoms with Gasteiger partial charge < -0.3 is 8.98 Å². The first-order valence-corrected chi connectivity index (χ1v) is 20.9. The molecule has 0 saturated heterocycles. The van der Waals surface area contributed by atoms with Crippen molar-refractivity contribution in [3.63, 3.8) is 0 Å². The van der Waals surface area contributed by atoms with Crippen LogP contribution in [0.15, 0.2) is 211 Å². The SMILES string of the molecule is c1ccc(-c2nc(-c3ccccc3)nc(-c3cc4c5ccccc5c5ccccc5c4cc3-n3c4ccccc4c4cccc(-c5cccc6c5oc5ccccc56)c43)n2)cc1. The van der Waals surface area contributed by atoms with Gasteiger partial charge in [-0.2, -0.15) is 0 Å². The average Bonchev–Trinajstić information content (AvgIpc) is 3.90. The first-order valence-electron chi connectivity index (χ1n) is 20.9. The van der Waals surface area contributed by atoms with Crippen molar-refractivity contribution in [3.05, 3.63) is 206 Å². The molecular weight excluding hydrogens is 757 g/mol. The first kappa shape index (κ1) is 34.5. The molecule has 62 heavy (non-hydrogen) atoms. The molecule has 0 aliphatic heterocycles. The number of hydrogen-bond acceptors (Lipinski definition) is 4. The molecule has 0 aliphatic carbocycles. The summed E-state index contributed by atoms with van der Waals surface area (Å²) in [4.78, 5) is 15.9. The van der Waals surface area contributed by atoms with Crippen LogP contribution in [-0.4, -0.2) is 19.5 Å². The second-order valence-corrected chi connectivity index (χ2v) is 15.9. The van der Waals surface area contributed by atoms with E-state index in [2.05, 4.69) is 162 Å². The highest BCUT2D eigenvalue weighted by molar-refractivity contribution is 6.27. The number of nitrogens with zero attached hydrogens (tertiary/aromatic N) is 4. The van der Waals surface area contributed by atoms with E-state index < -0.39 is 0 Å². The lowest BCUT2D eigenvalue weighted by Crippen LogP contribution is -2.04. The minimum atomic E-state index is 0.592. The van der Waals surface area contributed by atoms with E-state index in [0.29, 0.717) is 17.5 Å². The van der Waals surface area contributed by atoms with Crippen molar-refractivity contribution in [2.24, 2.45) is 0 Å². The standard InChI is InChI=1S/C57H34N4O/c1-3-17-35(18-4-1)55-58-56(36-19-5-2-6-20-36)60-57(59-55)49-33-47-39-23-9-7-21-37(39)38-22-8-10-24-40(38)48(47)34-51(49)61-50-31-13-11-25-41(50)43-27-15-28-44(53(43)61)46-30-16-29-45-42-26-12-14-32-52(42)62-54(45)46/h1-34H. The minimum absolute atomic E-state index is 0.592. The van der Waals surface area contributed by atoms with Gasteiger partial charge in [0.25, 0.3) is 0 Å². The molecule has 3 heterocycles. The van der Waals surface area contributed by atoms with Gasteiger partial charge in [-0.15, -0.1) is 0 Å². The maximum Gasteiger partial charge on any atom is 0.166 e. The van der Waals surface area contributed by atoms with Crippen molar-refractivity contribution in [1.29, 1.82) is 0 Å². The summed E-state index contributed by atoms with van der Waals surface area (Å²) in [7, 11) is 0. The van der Waals surface area contributed by atoms with Gasteiger partial charge in [0.2, 0.25) is 0 Å². The molecule has 0 spiro atoms.